The topological polar surface area (TPSA) is 51.5 Å². The molecule has 0 bridgehead atoms. The molecule has 0 saturated heterocycles. The van der Waals surface area contributed by atoms with Crippen molar-refractivity contribution >= 4 is 19.5 Å². The molecule has 1 heterocycles. The average molecular weight is 212 g/mol. The highest BCUT2D eigenvalue weighted by Crippen LogP contribution is 2.07. The van der Waals surface area contributed by atoms with Crippen LogP contribution in [0.25, 0.3) is 0 Å². The molecule has 0 spiro atoms. The summed E-state index contributed by atoms with van der Waals surface area (Å²) in [5.74, 6) is 0.513. The molecular formula is C9H20N4Si. The van der Waals surface area contributed by atoms with Crippen molar-refractivity contribution in [2.24, 2.45) is 4.99 Å². The summed E-state index contributed by atoms with van der Waals surface area (Å²) in [6, 6.07) is 0. The maximum atomic E-state index is 7.82. The van der Waals surface area contributed by atoms with Gasteiger partial charge in [0.05, 0.1) is 5.46 Å². The van der Waals surface area contributed by atoms with Crippen LogP contribution in [-0.2, 0) is 0 Å². The van der Waals surface area contributed by atoms with Gasteiger partial charge in [0.1, 0.15) is 14.7 Å². The molecule has 80 valence electrons. The third kappa shape index (κ3) is 2.57. The first-order valence-corrected chi connectivity index (χ1v) is 8.60. The predicted molar refractivity (Wildman–Crippen MR) is 63.5 cm³/mol. The number of rotatable bonds is 3. The third-order valence-corrected chi connectivity index (χ3v) is 3.86. The van der Waals surface area contributed by atoms with E-state index in [1.54, 1.807) is 0 Å². The number of amidine groups is 1. The van der Waals surface area contributed by atoms with Crippen molar-refractivity contribution in [1.29, 1.82) is 5.41 Å². The minimum Gasteiger partial charge on any atom is -0.323 e. The Morgan fingerprint density at radius 3 is 2.57 bits per heavy atom. The Bertz CT molecular complexity index is 254. The van der Waals surface area contributed by atoms with Crippen molar-refractivity contribution in [1.82, 2.24) is 10.2 Å². The minimum absolute atomic E-state index is 0.513. The second-order valence-corrected chi connectivity index (χ2v) is 9.61. The van der Waals surface area contributed by atoms with Crippen molar-refractivity contribution in [3.8, 4) is 0 Å². The zero-order chi connectivity index (χ0) is 10.8. The monoisotopic (exact) mass is 212 g/mol. The van der Waals surface area contributed by atoms with Gasteiger partial charge in [0.25, 0.3) is 0 Å². The van der Waals surface area contributed by atoms with E-state index in [0.29, 0.717) is 12.6 Å². The van der Waals surface area contributed by atoms with Gasteiger partial charge in [-0.2, -0.15) is 0 Å². The van der Waals surface area contributed by atoms with Gasteiger partial charge < -0.3 is 10.2 Å². The quantitative estimate of drug-likeness (QED) is 0.696. The van der Waals surface area contributed by atoms with Crippen molar-refractivity contribution in [3.05, 3.63) is 0 Å². The van der Waals surface area contributed by atoms with E-state index in [9.17, 15) is 0 Å². The molecule has 14 heavy (non-hydrogen) atoms. The maximum Gasteiger partial charge on any atom is 0.197 e. The second-order valence-electron chi connectivity index (χ2n) is 4.64. The SMILES string of the molecule is CCCN1CN=C([Si](C)(C)C)NC1=N. The van der Waals surface area contributed by atoms with Crippen molar-refractivity contribution in [3.63, 3.8) is 0 Å². The molecule has 0 aromatic carbocycles. The van der Waals surface area contributed by atoms with Crippen LogP contribution >= 0.6 is 0 Å². The van der Waals surface area contributed by atoms with E-state index in [4.69, 9.17) is 5.41 Å². The number of nitrogens with zero attached hydrogens (tertiary/aromatic N) is 2. The van der Waals surface area contributed by atoms with Crippen LogP contribution in [0, 0.1) is 5.41 Å². The van der Waals surface area contributed by atoms with Crippen molar-refractivity contribution in [2.75, 3.05) is 13.2 Å². The van der Waals surface area contributed by atoms with Gasteiger partial charge in [-0.15, -0.1) is 0 Å². The summed E-state index contributed by atoms with van der Waals surface area (Å²) in [6.07, 6.45) is 1.06. The summed E-state index contributed by atoms with van der Waals surface area (Å²) in [4.78, 5) is 6.47. The van der Waals surface area contributed by atoms with E-state index in [0.717, 1.165) is 18.4 Å². The lowest BCUT2D eigenvalue weighted by molar-refractivity contribution is 0.411. The molecule has 1 aliphatic rings. The van der Waals surface area contributed by atoms with Crippen molar-refractivity contribution in [2.45, 2.75) is 33.0 Å². The molecule has 1 rings (SSSR count). The molecule has 1 aliphatic heterocycles. The average Bonchev–Trinajstić information content (AvgIpc) is 2.07. The molecule has 0 unspecified atom stereocenters. The first kappa shape index (κ1) is 11.2. The van der Waals surface area contributed by atoms with Gasteiger partial charge in [-0.05, 0) is 6.42 Å². The van der Waals surface area contributed by atoms with Crippen LogP contribution in [-0.4, -0.2) is 37.6 Å². The fourth-order valence-electron chi connectivity index (χ4n) is 1.33. The van der Waals surface area contributed by atoms with Gasteiger partial charge in [0.2, 0.25) is 0 Å². The van der Waals surface area contributed by atoms with Gasteiger partial charge in [0.15, 0.2) is 5.96 Å². The lowest BCUT2D eigenvalue weighted by atomic mass is 10.4. The minimum atomic E-state index is -1.38. The van der Waals surface area contributed by atoms with E-state index >= 15 is 0 Å². The molecule has 0 radical (unpaired) electrons. The largest absolute Gasteiger partial charge is 0.323 e. The number of nitrogens with one attached hydrogen (secondary N) is 2. The first-order valence-electron chi connectivity index (χ1n) is 5.10. The number of hydrogen-bond donors (Lipinski definition) is 2. The Labute approximate surface area is 86.9 Å². The molecular weight excluding hydrogens is 192 g/mol. The fourth-order valence-corrected chi connectivity index (χ4v) is 2.37. The van der Waals surface area contributed by atoms with Crippen LogP contribution in [0.15, 0.2) is 4.99 Å². The Kier molecular flexibility index (Phi) is 3.31. The normalized spacial score (nSPS) is 17.9. The van der Waals surface area contributed by atoms with Gasteiger partial charge >= 0.3 is 0 Å². The lowest BCUT2D eigenvalue weighted by Crippen LogP contribution is -2.55. The molecule has 0 atom stereocenters. The maximum absolute atomic E-state index is 7.82. The molecule has 4 nitrogen and oxygen atoms in total. The molecule has 5 heteroatoms. The van der Waals surface area contributed by atoms with Gasteiger partial charge in [-0.3, -0.25) is 10.4 Å². The second kappa shape index (κ2) is 4.12. The standard InChI is InChI=1S/C9H20N4Si/c1-5-6-13-7-11-9(12-8(13)10)14(2,3)4/h5-7H2,1-4H3,(H2,10,11,12). The van der Waals surface area contributed by atoms with Crippen LogP contribution < -0.4 is 5.32 Å². The highest BCUT2D eigenvalue weighted by Gasteiger charge is 2.26. The van der Waals surface area contributed by atoms with Gasteiger partial charge in [-0.1, -0.05) is 26.6 Å². The fraction of sp³-hybridized carbons (Fsp3) is 0.778. The molecule has 0 fully saturated rings. The molecule has 0 aromatic rings. The highest BCUT2D eigenvalue weighted by atomic mass is 28.3. The van der Waals surface area contributed by atoms with Crippen LogP contribution in [0.5, 0.6) is 0 Å². The first-order chi connectivity index (χ1) is 6.45. The summed E-state index contributed by atoms with van der Waals surface area (Å²) < 4.78 is 0. The van der Waals surface area contributed by atoms with E-state index < -0.39 is 8.07 Å². The Morgan fingerprint density at radius 2 is 2.14 bits per heavy atom. The number of aliphatic imine (C=N–C) groups is 1. The van der Waals surface area contributed by atoms with E-state index in [2.05, 4.69) is 36.9 Å². The Balaban J connectivity index is 2.68. The molecule has 2 N–H and O–H groups in total. The highest BCUT2D eigenvalue weighted by molar-refractivity contribution is 7.04. The summed E-state index contributed by atoms with van der Waals surface area (Å²) >= 11 is 0. The van der Waals surface area contributed by atoms with Crippen LogP contribution in [0.1, 0.15) is 13.3 Å². The molecule has 0 saturated carbocycles. The Morgan fingerprint density at radius 1 is 1.50 bits per heavy atom. The van der Waals surface area contributed by atoms with Crippen LogP contribution in [0.4, 0.5) is 0 Å². The Hall–Kier alpha value is -0.843. The third-order valence-electron chi connectivity index (χ3n) is 2.16. The zero-order valence-corrected chi connectivity index (χ0v) is 10.5. The van der Waals surface area contributed by atoms with Gasteiger partial charge in [0, 0.05) is 6.54 Å². The summed E-state index contributed by atoms with van der Waals surface area (Å²) in [7, 11) is -1.38. The number of hydrogen-bond acceptors (Lipinski definition) is 2. The van der Waals surface area contributed by atoms with Crippen LogP contribution in [0.2, 0.25) is 19.6 Å². The summed E-state index contributed by atoms with van der Waals surface area (Å²) in [5.41, 5.74) is 1.05. The van der Waals surface area contributed by atoms with Crippen LogP contribution in [0.3, 0.4) is 0 Å². The van der Waals surface area contributed by atoms with E-state index in [1.807, 2.05) is 4.90 Å². The predicted octanol–water partition coefficient (Wildman–Crippen LogP) is 1.47. The van der Waals surface area contributed by atoms with E-state index in [1.165, 1.54) is 0 Å². The smallest absolute Gasteiger partial charge is 0.197 e. The zero-order valence-electron chi connectivity index (χ0n) is 9.52. The van der Waals surface area contributed by atoms with Crippen molar-refractivity contribution < 1.29 is 0 Å². The lowest BCUT2D eigenvalue weighted by Gasteiger charge is -2.32. The molecule has 0 amide bonds. The molecule has 0 aliphatic carbocycles. The van der Waals surface area contributed by atoms with Gasteiger partial charge in [-0.25, -0.2) is 0 Å². The van der Waals surface area contributed by atoms with E-state index in [-0.39, 0.29) is 0 Å². The number of guanidine groups is 1. The summed E-state index contributed by atoms with van der Waals surface area (Å²) in [6.45, 7) is 10.4. The molecule has 0 aromatic heterocycles. The summed E-state index contributed by atoms with van der Waals surface area (Å²) in [5, 5.41) is 10.9.